The Morgan fingerprint density at radius 3 is 2.46 bits per heavy atom. The summed E-state index contributed by atoms with van der Waals surface area (Å²) in [5.41, 5.74) is 0.0415. The van der Waals surface area contributed by atoms with Crippen molar-refractivity contribution < 1.29 is 18.0 Å². The van der Waals surface area contributed by atoms with Gasteiger partial charge in [0.1, 0.15) is 0 Å². The smallest absolute Gasteiger partial charge is 0.369 e. The van der Waals surface area contributed by atoms with Crippen LogP contribution in [0.1, 0.15) is 18.4 Å². The molecule has 0 spiro atoms. The van der Waals surface area contributed by atoms with Crippen LogP contribution in [0.4, 0.5) is 18.9 Å². The number of carbonyl (C=O) groups excluding carboxylic acids is 1. The molecule has 2 saturated heterocycles. The predicted molar refractivity (Wildman–Crippen MR) is 106 cm³/mol. The van der Waals surface area contributed by atoms with E-state index < -0.39 is 11.7 Å². The van der Waals surface area contributed by atoms with E-state index in [2.05, 4.69) is 15.5 Å². The number of nitrogens with zero attached hydrogens (tertiary/aromatic N) is 2. The van der Waals surface area contributed by atoms with E-state index in [1.807, 2.05) is 4.90 Å². The van der Waals surface area contributed by atoms with Crippen LogP contribution in [0.2, 0.25) is 0 Å². The average Bonchev–Trinajstić information content (AvgIpc) is 2.60. The molecule has 0 saturated carbocycles. The highest BCUT2D eigenvalue weighted by atomic mass is 35.5. The first kappa shape index (κ1) is 22.8. The number of hydrogen-bond donors (Lipinski definition) is 2. The van der Waals surface area contributed by atoms with Crippen molar-refractivity contribution in [3.8, 4) is 0 Å². The fourth-order valence-corrected chi connectivity index (χ4v) is 3.40. The molecule has 9 heteroatoms. The SMILES string of the molecule is Cl.O=C(NCCCCN1CCN(c2cccc(C(F)(F)F)c2)CC1)C1CNC1. The van der Waals surface area contributed by atoms with Gasteiger partial charge in [0.25, 0.3) is 0 Å². The summed E-state index contributed by atoms with van der Waals surface area (Å²) < 4.78 is 38.6. The van der Waals surface area contributed by atoms with Crippen molar-refractivity contribution in [1.82, 2.24) is 15.5 Å². The van der Waals surface area contributed by atoms with Crippen molar-refractivity contribution in [2.24, 2.45) is 5.92 Å². The van der Waals surface area contributed by atoms with Gasteiger partial charge in [0.2, 0.25) is 5.91 Å². The minimum absolute atomic E-state index is 0. The van der Waals surface area contributed by atoms with E-state index in [-0.39, 0.29) is 24.2 Å². The van der Waals surface area contributed by atoms with Crippen LogP contribution in [0.5, 0.6) is 0 Å². The number of piperazine rings is 1. The molecule has 0 aromatic heterocycles. The van der Waals surface area contributed by atoms with E-state index in [1.54, 1.807) is 6.07 Å². The lowest BCUT2D eigenvalue weighted by molar-refractivity contribution is -0.137. The molecule has 5 nitrogen and oxygen atoms in total. The lowest BCUT2D eigenvalue weighted by Crippen LogP contribution is -2.51. The van der Waals surface area contributed by atoms with Crippen LogP contribution in [0.25, 0.3) is 0 Å². The Morgan fingerprint density at radius 2 is 1.86 bits per heavy atom. The Kier molecular flexibility index (Phi) is 8.39. The molecule has 0 atom stereocenters. The highest BCUT2D eigenvalue weighted by Crippen LogP contribution is 2.31. The van der Waals surface area contributed by atoms with Gasteiger partial charge >= 0.3 is 6.18 Å². The summed E-state index contributed by atoms with van der Waals surface area (Å²) in [4.78, 5) is 16.1. The van der Waals surface area contributed by atoms with Gasteiger partial charge in [-0.25, -0.2) is 0 Å². The van der Waals surface area contributed by atoms with E-state index in [0.717, 1.165) is 64.7 Å². The Labute approximate surface area is 170 Å². The lowest BCUT2D eigenvalue weighted by atomic mass is 10.0. The Balaban J connectivity index is 0.00000280. The van der Waals surface area contributed by atoms with Gasteiger partial charge in [0.05, 0.1) is 11.5 Å². The van der Waals surface area contributed by atoms with Gasteiger partial charge in [-0.2, -0.15) is 13.2 Å². The second kappa shape index (κ2) is 10.3. The normalized spacial score (nSPS) is 18.3. The highest BCUT2D eigenvalue weighted by Gasteiger charge is 2.31. The van der Waals surface area contributed by atoms with Crippen molar-refractivity contribution >= 4 is 24.0 Å². The topological polar surface area (TPSA) is 47.6 Å². The van der Waals surface area contributed by atoms with Gasteiger partial charge < -0.3 is 15.5 Å². The summed E-state index contributed by atoms with van der Waals surface area (Å²) in [5.74, 6) is 0.275. The number of alkyl halides is 3. The molecule has 0 unspecified atom stereocenters. The fraction of sp³-hybridized carbons (Fsp3) is 0.632. The van der Waals surface area contributed by atoms with Crippen LogP contribution in [0.15, 0.2) is 24.3 Å². The molecular formula is C19H28ClF3N4O. The highest BCUT2D eigenvalue weighted by molar-refractivity contribution is 5.85. The summed E-state index contributed by atoms with van der Waals surface area (Å²) in [7, 11) is 0. The number of nitrogens with one attached hydrogen (secondary N) is 2. The van der Waals surface area contributed by atoms with E-state index in [0.29, 0.717) is 12.2 Å². The molecule has 158 valence electrons. The second-order valence-electron chi connectivity index (χ2n) is 7.23. The van der Waals surface area contributed by atoms with E-state index in [1.165, 1.54) is 12.1 Å². The first-order valence-corrected chi connectivity index (χ1v) is 9.56. The lowest BCUT2D eigenvalue weighted by Gasteiger charge is -2.36. The molecule has 1 aromatic rings. The maximum absolute atomic E-state index is 12.9. The minimum atomic E-state index is -4.30. The molecule has 2 N–H and O–H groups in total. The standard InChI is InChI=1S/C19H27F3N4O.ClH/c20-19(21,22)16-4-3-5-17(12-16)26-10-8-25(9-11-26)7-2-1-6-24-18(27)15-13-23-14-15;/h3-5,12,15,23H,1-2,6-11,13-14H2,(H,24,27);1H. The average molecular weight is 421 g/mol. The van der Waals surface area contributed by atoms with Crippen LogP contribution in [0.3, 0.4) is 0 Å². The van der Waals surface area contributed by atoms with Crippen molar-refractivity contribution in [2.45, 2.75) is 19.0 Å². The number of hydrogen-bond acceptors (Lipinski definition) is 4. The molecule has 2 aliphatic rings. The van der Waals surface area contributed by atoms with Gasteiger partial charge in [0.15, 0.2) is 0 Å². The Bertz CT molecular complexity index is 632. The van der Waals surface area contributed by atoms with E-state index in [9.17, 15) is 18.0 Å². The van der Waals surface area contributed by atoms with Crippen LogP contribution in [-0.4, -0.2) is 63.2 Å². The van der Waals surface area contributed by atoms with Crippen LogP contribution in [-0.2, 0) is 11.0 Å². The number of carbonyl (C=O) groups is 1. The third kappa shape index (κ3) is 6.25. The zero-order valence-corrected chi connectivity index (χ0v) is 16.6. The van der Waals surface area contributed by atoms with E-state index in [4.69, 9.17) is 0 Å². The summed E-state index contributed by atoms with van der Waals surface area (Å²) >= 11 is 0. The van der Waals surface area contributed by atoms with Crippen molar-refractivity contribution in [2.75, 3.05) is 57.3 Å². The van der Waals surface area contributed by atoms with Crippen LogP contribution >= 0.6 is 12.4 Å². The summed E-state index contributed by atoms with van der Waals surface area (Å²) in [6.07, 6.45) is -2.35. The molecule has 1 aromatic carbocycles. The minimum Gasteiger partial charge on any atom is -0.369 e. The number of rotatable bonds is 7. The Morgan fingerprint density at radius 1 is 1.14 bits per heavy atom. The molecule has 3 rings (SSSR count). The molecule has 2 fully saturated rings. The Hall–Kier alpha value is -1.51. The number of benzene rings is 1. The zero-order chi connectivity index (χ0) is 19.3. The number of halogens is 4. The molecule has 0 radical (unpaired) electrons. The molecule has 2 heterocycles. The largest absolute Gasteiger partial charge is 0.416 e. The molecule has 0 aliphatic carbocycles. The van der Waals surface area contributed by atoms with Gasteiger partial charge in [-0.05, 0) is 37.6 Å². The summed E-state index contributed by atoms with van der Waals surface area (Å²) in [6.45, 7) is 6.37. The summed E-state index contributed by atoms with van der Waals surface area (Å²) in [5, 5.41) is 6.06. The van der Waals surface area contributed by atoms with Gasteiger partial charge in [0, 0.05) is 51.5 Å². The van der Waals surface area contributed by atoms with Crippen molar-refractivity contribution in [3.63, 3.8) is 0 Å². The number of unbranched alkanes of at least 4 members (excludes halogenated alkanes) is 1. The molecule has 0 bridgehead atoms. The monoisotopic (exact) mass is 420 g/mol. The zero-order valence-electron chi connectivity index (χ0n) is 15.8. The fourth-order valence-electron chi connectivity index (χ4n) is 3.40. The number of amides is 1. The summed E-state index contributed by atoms with van der Waals surface area (Å²) in [6, 6.07) is 5.56. The van der Waals surface area contributed by atoms with Gasteiger partial charge in [-0.15, -0.1) is 12.4 Å². The van der Waals surface area contributed by atoms with E-state index >= 15 is 0 Å². The van der Waals surface area contributed by atoms with Gasteiger partial charge in [-0.1, -0.05) is 6.07 Å². The van der Waals surface area contributed by atoms with Gasteiger partial charge in [-0.3, -0.25) is 9.69 Å². The third-order valence-corrected chi connectivity index (χ3v) is 5.26. The number of anilines is 1. The molecule has 2 aliphatic heterocycles. The first-order chi connectivity index (χ1) is 12.9. The van der Waals surface area contributed by atoms with Crippen LogP contribution in [0, 0.1) is 5.92 Å². The predicted octanol–water partition coefficient (Wildman–Crippen LogP) is 2.37. The van der Waals surface area contributed by atoms with Crippen molar-refractivity contribution in [3.05, 3.63) is 29.8 Å². The molecule has 1 amide bonds. The maximum atomic E-state index is 12.9. The third-order valence-electron chi connectivity index (χ3n) is 5.26. The van der Waals surface area contributed by atoms with Crippen molar-refractivity contribution in [1.29, 1.82) is 0 Å². The van der Waals surface area contributed by atoms with Crippen LogP contribution < -0.4 is 15.5 Å². The second-order valence-corrected chi connectivity index (χ2v) is 7.23. The quantitative estimate of drug-likeness (QED) is 0.665. The molecular weight excluding hydrogens is 393 g/mol. The molecule has 28 heavy (non-hydrogen) atoms. The maximum Gasteiger partial charge on any atom is 0.416 e. The first-order valence-electron chi connectivity index (χ1n) is 9.56.